The molecule has 1 aliphatic rings. The SMILES string of the molecule is CC1(C)OC[C@H](COc2ccc(OCc3ccccc3)cc2)O1. The molecule has 3 rings (SSSR count). The first-order chi connectivity index (χ1) is 11.1. The summed E-state index contributed by atoms with van der Waals surface area (Å²) in [6.07, 6.45) is -0.0287. The fourth-order valence-electron chi connectivity index (χ4n) is 2.41. The average molecular weight is 314 g/mol. The molecule has 2 aromatic rings. The van der Waals surface area contributed by atoms with Gasteiger partial charge in [-0.2, -0.15) is 0 Å². The Morgan fingerprint density at radius 2 is 1.61 bits per heavy atom. The Hall–Kier alpha value is -2.04. The molecule has 1 atom stereocenters. The average Bonchev–Trinajstić information content (AvgIpc) is 2.92. The van der Waals surface area contributed by atoms with Crippen molar-refractivity contribution in [3.05, 3.63) is 60.2 Å². The molecule has 0 bridgehead atoms. The fraction of sp³-hybridized carbons (Fsp3) is 0.368. The van der Waals surface area contributed by atoms with Gasteiger partial charge in [0.05, 0.1) is 6.61 Å². The van der Waals surface area contributed by atoms with Gasteiger partial charge < -0.3 is 18.9 Å². The lowest BCUT2D eigenvalue weighted by Gasteiger charge is -2.17. The molecule has 1 saturated heterocycles. The van der Waals surface area contributed by atoms with Gasteiger partial charge in [0.15, 0.2) is 5.79 Å². The van der Waals surface area contributed by atoms with Crippen molar-refractivity contribution in [1.29, 1.82) is 0 Å². The molecule has 1 aliphatic heterocycles. The van der Waals surface area contributed by atoms with Crippen molar-refractivity contribution in [2.24, 2.45) is 0 Å². The van der Waals surface area contributed by atoms with E-state index in [9.17, 15) is 0 Å². The van der Waals surface area contributed by atoms with E-state index in [4.69, 9.17) is 18.9 Å². The summed E-state index contributed by atoms with van der Waals surface area (Å²) < 4.78 is 22.7. The number of hydrogen-bond donors (Lipinski definition) is 0. The smallest absolute Gasteiger partial charge is 0.163 e. The Kier molecular flexibility index (Phi) is 4.84. The molecule has 23 heavy (non-hydrogen) atoms. The van der Waals surface area contributed by atoms with Crippen LogP contribution < -0.4 is 9.47 Å². The third-order valence-corrected chi connectivity index (χ3v) is 3.58. The van der Waals surface area contributed by atoms with Crippen molar-refractivity contribution in [3.63, 3.8) is 0 Å². The van der Waals surface area contributed by atoms with Crippen LogP contribution in [0.2, 0.25) is 0 Å². The zero-order valence-corrected chi connectivity index (χ0v) is 13.5. The molecule has 122 valence electrons. The highest BCUT2D eigenvalue weighted by Crippen LogP contribution is 2.24. The Labute approximate surface area is 136 Å². The van der Waals surface area contributed by atoms with Crippen LogP contribution in [0, 0.1) is 0 Å². The molecule has 0 aromatic heterocycles. The zero-order valence-electron chi connectivity index (χ0n) is 13.5. The van der Waals surface area contributed by atoms with E-state index in [0.29, 0.717) is 19.8 Å². The molecule has 0 spiro atoms. The molecule has 4 heteroatoms. The number of ether oxygens (including phenoxy) is 4. The molecular formula is C19H22O4. The van der Waals surface area contributed by atoms with E-state index in [2.05, 4.69) is 0 Å². The van der Waals surface area contributed by atoms with E-state index in [0.717, 1.165) is 17.1 Å². The van der Waals surface area contributed by atoms with E-state index in [1.807, 2.05) is 68.4 Å². The van der Waals surface area contributed by atoms with E-state index >= 15 is 0 Å². The van der Waals surface area contributed by atoms with Crippen LogP contribution in [0.25, 0.3) is 0 Å². The van der Waals surface area contributed by atoms with Crippen molar-refractivity contribution >= 4 is 0 Å². The molecule has 0 unspecified atom stereocenters. The molecule has 0 amide bonds. The molecule has 4 nitrogen and oxygen atoms in total. The van der Waals surface area contributed by atoms with Gasteiger partial charge in [-0.15, -0.1) is 0 Å². The standard InChI is InChI=1S/C19H22O4/c1-19(2)22-14-18(23-19)13-21-17-10-8-16(9-11-17)20-12-15-6-4-3-5-7-15/h3-11,18H,12-14H2,1-2H3/t18-/m0/s1. The molecule has 0 radical (unpaired) electrons. The van der Waals surface area contributed by atoms with E-state index in [1.165, 1.54) is 0 Å². The van der Waals surface area contributed by atoms with Crippen LogP contribution in [0.15, 0.2) is 54.6 Å². The molecular weight excluding hydrogens is 292 g/mol. The molecule has 0 aliphatic carbocycles. The van der Waals surface area contributed by atoms with Gasteiger partial charge in [-0.05, 0) is 43.7 Å². The highest BCUT2D eigenvalue weighted by molar-refractivity contribution is 5.31. The van der Waals surface area contributed by atoms with Gasteiger partial charge in [0.1, 0.15) is 30.8 Å². The maximum absolute atomic E-state index is 5.75. The molecule has 2 aromatic carbocycles. The van der Waals surface area contributed by atoms with Crippen LogP contribution >= 0.6 is 0 Å². The quantitative estimate of drug-likeness (QED) is 0.813. The Balaban J connectivity index is 1.46. The highest BCUT2D eigenvalue weighted by atomic mass is 16.7. The van der Waals surface area contributed by atoms with Gasteiger partial charge in [0.2, 0.25) is 0 Å². The lowest BCUT2D eigenvalue weighted by atomic mass is 10.2. The minimum absolute atomic E-state index is 0.0287. The van der Waals surface area contributed by atoms with Crippen LogP contribution in [0.4, 0.5) is 0 Å². The Morgan fingerprint density at radius 1 is 0.957 bits per heavy atom. The third kappa shape index (κ3) is 4.71. The first-order valence-electron chi connectivity index (χ1n) is 7.82. The summed E-state index contributed by atoms with van der Waals surface area (Å²) in [4.78, 5) is 0. The van der Waals surface area contributed by atoms with E-state index in [-0.39, 0.29) is 6.10 Å². The van der Waals surface area contributed by atoms with Gasteiger partial charge in [-0.1, -0.05) is 30.3 Å². The number of rotatable bonds is 6. The predicted molar refractivity (Wildman–Crippen MR) is 87.6 cm³/mol. The van der Waals surface area contributed by atoms with Crippen molar-refractivity contribution in [1.82, 2.24) is 0 Å². The second kappa shape index (κ2) is 7.02. The largest absolute Gasteiger partial charge is 0.491 e. The summed E-state index contributed by atoms with van der Waals surface area (Å²) in [7, 11) is 0. The van der Waals surface area contributed by atoms with E-state index in [1.54, 1.807) is 0 Å². The molecule has 1 fully saturated rings. The summed E-state index contributed by atoms with van der Waals surface area (Å²) in [5.41, 5.74) is 1.15. The fourth-order valence-corrected chi connectivity index (χ4v) is 2.41. The van der Waals surface area contributed by atoms with E-state index < -0.39 is 5.79 Å². The second-order valence-corrected chi connectivity index (χ2v) is 6.01. The van der Waals surface area contributed by atoms with Gasteiger partial charge in [-0.25, -0.2) is 0 Å². The normalized spacial score (nSPS) is 19.5. The number of benzene rings is 2. The summed E-state index contributed by atoms with van der Waals surface area (Å²) in [6.45, 7) is 5.42. The first kappa shape index (κ1) is 15.8. The summed E-state index contributed by atoms with van der Waals surface area (Å²) in [5, 5.41) is 0. The lowest BCUT2D eigenvalue weighted by Crippen LogP contribution is -2.25. The zero-order chi connectivity index (χ0) is 16.1. The Bertz CT molecular complexity index is 607. The summed E-state index contributed by atoms with van der Waals surface area (Å²) in [6, 6.07) is 17.7. The van der Waals surface area contributed by atoms with Crippen LogP contribution in [-0.2, 0) is 16.1 Å². The monoisotopic (exact) mass is 314 g/mol. The predicted octanol–water partition coefficient (Wildman–Crippen LogP) is 3.80. The van der Waals surface area contributed by atoms with Gasteiger partial charge >= 0.3 is 0 Å². The van der Waals surface area contributed by atoms with Crippen LogP contribution in [0.5, 0.6) is 11.5 Å². The van der Waals surface area contributed by atoms with Crippen molar-refractivity contribution in [3.8, 4) is 11.5 Å². The van der Waals surface area contributed by atoms with Gasteiger partial charge in [-0.3, -0.25) is 0 Å². The third-order valence-electron chi connectivity index (χ3n) is 3.58. The number of hydrogen-bond acceptors (Lipinski definition) is 4. The van der Waals surface area contributed by atoms with Crippen LogP contribution in [0.3, 0.4) is 0 Å². The highest BCUT2D eigenvalue weighted by Gasteiger charge is 2.32. The summed E-state index contributed by atoms with van der Waals surface area (Å²) >= 11 is 0. The van der Waals surface area contributed by atoms with Crippen molar-refractivity contribution in [2.75, 3.05) is 13.2 Å². The van der Waals surface area contributed by atoms with Crippen LogP contribution in [0.1, 0.15) is 19.4 Å². The van der Waals surface area contributed by atoms with Gasteiger partial charge in [0, 0.05) is 0 Å². The van der Waals surface area contributed by atoms with Gasteiger partial charge in [0.25, 0.3) is 0 Å². The Morgan fingerprint density at radius 3 is 2.22 bits per heavy atom. The maximum atomic E-state index is 5.75. The van der Waals surface area contributed by atoms with Crippen molar-refractivity contribution in [2.45, 2.75) is 32.3 Å². The minimum atomic E-state index is -0.511. The minimum Gasteiger partial charge on any atom is -0.491 e. The molecule has 0 N–H and O–H groups in total. The summed E-state index contributed by atoms with van der Waals surface area (Å²) in [5.74, 6) is 1.11. The maximum Gasteiger partial charge on any atom is 0.163 e. The lowest BCUT2D eigenvalue weighted by molar-refractivity contribution is -0.141. The topological polar surface area (TPSA) is 36.9 Å². The van der Waals surface area contributed by atoms with Crippen molar-refractivity contribution < 1.29 is 18.9 Å². The molecule has 1 heterocycles. The molecule has 0 saturated carbocycles. The second-order valence-electron chi connectivity index (χ2n) is 6.01. The first-order valence-corrected chi connectivity index (χ1v) is 7.82. The van der Waals surface area contributed by atoms with Crippen LogP contribution in [-0.4, -0.2) is 25.1 Å².